The Morgan fingerprint density at radius 3 is 2.60 bits per heavy atom. The molecule has 20 heavy (non-hydrogen) atoms. The summed E-state index contributed by atoms with van der Waals surface area (Å²) in [5.74, 6) is 5.68. The highest BCUT2D eigenvalue weighted by Crippen LogP contribution is 2.18. The van der Waals surface area contributed by atoms with E-state index in [1.165, 1.54) is 11.1 Å². The fourth-order valence-corrected chi connectivity index (χ4v) is 2.60. The molecule has 2 aromatic rings. The van der Waals surface area contributed by atoms with Crippen molar-refractivity contribution in [3.63, 3.8) is 0 Å². The molecule has 1 aromatic heterocycles. The number of aromatic nitrogens is 1. The number of rotatable bonds is 6. The van der Waals surface area contributed by atoms with Gasteiger partial charge in [-0.3, -0.25) is 16.3 Å². The minimum atomic E-state index is 0.175. The third-order valence-electron chi connectivity index (χ3n) is 3.41. The molecule has 0 aliphatic carbocycles. The first-order chi connectivity index (χ1) is 9.72. The summed E-state index contributed by atoms with van der Waals surface area (Å²) >= 11 is 3.57. The van der Waals surface area contributed by atoms with Crippen LogP contribution in [0.5, 0.6) is 0 Å². The van der Waals surface area contributed by atoms with Gasteiger partial charge in [0.2, 0.25) is 0 Å². The molecule has 3 nitrogen and oxygen atoms in total. The van der Waals surface area contributed by atoms with Gasteiger partial charge in [0.25, 0.3) is 0 Å². The van der Waals surface area contributed by atoms with Crippen LogP contribution < -0.4 is 11.3 Å². The summed E-state index contributed by atoms with van der Waals surface area (Å²) in [4.78, 5) is 4.49. The molecule has 106 valence electrons. The van der Waals surface area contributed by atoms with E-state index in [4.69, 9.17) is 5.84 Å². The molecule has 2 rings (SSSR count). The molecule has 1 atom stereocenters. The first-order valence-electron chi connectivity index (χ1n) is 6.86. The Hall–Kier alpha value is -1.23. The van der Waals surface area contributed by atoms with Crippen LogP contribution in [0.1, 0.15) is 23.7 Å². The van der Waals surface area contributed by atoms with Crippen LogP contribution >= 0.6 is 15.9 Å². The van der Waals surface area contributed by atoms with Gasteiger partial charge >= 0.3 is 0 Å². The standard InChI is InChI=1S/C16H20BrN3/c1-2-12-7-8-14(19-11-12)10-15(20-18)9-13-5-3-4-6-16(13)17/h3-8,11,15,20H,2,9-10,18H2,1H3. The van der Waals surface area contributed by atoms with Crippen LogP contribution in [0.3, 0.4) is 0 Å². The minimum absolute atomic E-state index is 0.175. The third kappa shape index (κ3) is 4.13. The maximum Gasteiger partial charge on any atom is 0.0419 e. The minimum Gasteiger partial charge on any atom is -0.271 e. The lowest BCUT2D eigenvalue weighted by atomic mass is 10.0. The smallest absolute Gasteiger partial charge is 0.0419 e. The maximum absolute atomic E-state index is 5.68. The first-order valence-corrected chi connectivity index (χ1v) is 7.65. The third-order valence-corrected chi connectivity index (χ3v) is 4.18. The van der Waals surface area contributed by atoms with E-state index < -0.39 is 0 Å². The average Bonchev–Trinajstić information content (AvgIpc) is 2.49. The van der Waals surface area contributed by atoms with Crippen LogP contribution in [0, 0.1) is 0 Å². The highest BCUT2D eigenvalue weighted by molar-refractivity contribution is 9.10. The molecule has 0 radical (unpaired) electrons. The number of nitrogens with two attached hydrogens (primary N) is 1. The molecule has 1 unspecified atom stereocenters. The number of nitrogens with zero attached hydrogens (tertiary/aromatic N) is 1. The van der Waals surface area contributed by atoms with Crippen LogP contribution in [-0.4, -0.2) is 11.0 Å². The van der Waals surface area contributed by atoms with E-state index >= 15 is 0 Å². The zero-order valence-corrected chi connectivity index (χ0v) is 13.2. The number of hydrogen-bond acceptors (Lipinski definition) is 3. The Bertz CT molecular complexity index is 540. The predicted octanol–water partition coefficient (Wildman–Crippen LogP) is 3.02. The van der Waals surface area contributed by atoms with Gasteiger partial charge in [0.1, 0.15) is 0 Å². The number of pyridine rings is 1. The quantitative estimate of drug-likeness (QED) is 0.631. The van der Waals surface area contributed by atoms with Gasteiger partial charge in [-0.1, -0.05) is 47.1 Å². The maximum atomic E-state index is 5.68. The van der Waals surface area contributed by atoms with Gasteiger partial charge in [0.15, 0.2) is 0 Å². The van der Waals surface area contributed by atoms with Crippen molar-refractivity contribution in [2.45, 2.75) is 32.2 Å². The topological polar surface area (TPSA) is 50.9 Å². The van der Waals surface area contributed by atoms with E-state index in [-0.39, 0.29) is 6.04 Å². The first kappa shape index (κ1) is 15.2. The van der Waals surface area contributed by atoms with Gasteiger partial charge in [-0.15, -0.1) is 0 Å². The fraction of sp³-hybridized carbons (Fsp3) is 0.312. The van der Waals surface area contributed by atoms with E-state index in [0.29, 0.717) is 0 Å². The Labute approximate surface area is 128 Å². The Kier molecular flexibility index (Phi) is 5.71. The van der Waals surface area contributed by atoms with Gasteiger partial charge < -0.3 is 0 Å². The van der Waals surface area contributed by atoms with Gasteiger partial charge in [-0.25, -0.2) is 0 Å². The van der Waals surface area contributed by atoms with Crippen LogP contribution in [0.4, 0.5) is 0 Å². The highest BCUT2D eigenvalue weighted by Gasteiger charge is 2.11. The Balaban J connectivity index is 2.03. The monoisotopic (exact) mass is 333 g/mol. The van der Waals surface area contributed by atoms with E-state index in [1.54, 1.807) is 0 Å². The summed E-state index contributed by atoms with van der Waals surface area (Å²) in [5.41, 5.74) is 6.47. The molecule has 0 aliphatic heterocycles. The molecule has 1 aromatic carbocycles. The SMILES string of the molecule is CCc1ccc(CC(Cc2ccccc2Br)NN)nc1. The zero-order valence-electron chi connectivity index (χ0n) is 11.6. The average molecular weight is 334 g/mol. The number of hydrazine groups is 1. The molecular weight excluding hydrogens is 314 g/mol. The lowest BCUT2D eigenvalue weighted by Gasteiger charge is -2.16. The number of benzene rings is 1. The second kappa shape index (κ2) is 7.53. The molecule has 1 heterocycles. The summed E-state index contributed by atoms with van der Waals surface area (Å²) < 4.78 is 1.12. The van der Waals surface area contributed by atoms with Crippen molar-refractivity contribution in [3.8, 4) is 0 Å². The summed E-state index contributed by atoms with van der Waals surface area (Å²) in [6, 6.07) is 12.6. The molecule has 0 amide bonds. The normalized spacial score (nSPS) is 12.3. The van der Waals surface area contributed by atoms with Crippen LogP contribution in [0.2, 0.25) is 0 Å². The number of hydrogen-bond donors (Lipinski definition) is 2. The van der Waals surface area contributed by atoms with E-state index in [0.717, 1.165) is 29.4 Å². The number of nitrogens with one attached hydrogen (secondary N) is 1. The second-order valence-electron chi connectivity index (χ2n) is 4.87. The van der Waals surface area contributed by atoms with Gasteiger partial charge in [-0.2, -0.15) is 0 Å². The summed E-state index contributed by atoms with van der Waals surface area (Å²) in [6.07, 6.45) is 4.65. The number of aryl methyl sites for hydroxylation is 1. The van der Waals surface area contributed by atoms with E-state index in [2.05, 4.69) is 57.5 Å². The lowest BCUT2D eigenvalue weighted by Crippen LogP contribution is -2.38. The van der Waals surface area contributed by atoms with Crippen LogP contribution in [-0.2, 0) is 19.3 Å². The van der Waals surface area contributed by atoms with E-state index in [9.17, 15) is 0 Å². The van der Waals surface area contributed by atoms with E-state index in [1.807, 2.05) is 18.3 Å². The molecule has 0 fully saturated rings. The number of halogens is 1. The Morgan fingerprint density at radius 2 is 2.00 bits per heavy atom. The van der Waals surface area contributed by atoms with Crippen molar-refractivity contribution in [1.82, 2.24) is 10.4 Å². The Morgan fingerprint density at radius 1 is 1.20 bits per heavy atom. The largest absolute Gasteiger partial charge is 0.271 e. The van der Waals surface area contributed by atoms with Crippen molar-refractivity contribution in [2.24, 2.45) is 5.84 Å². The second-order valence-corrected chi connectivity index (χ2v) is 5.73. The van der Waals surface area contributed by atoms with Crippen LogP contribution in [0.25, 0.3) is 0 Å². The molecule has 0 spiro atoms. The van der Waals surface area contributed by atoms with Crippen molar-refractivity contribution in [2.75, 3.05) is 0 Å². The van der Waals surface area contributed by atoms with Crippen molar-refractivity contribution < 1.29 is 0 Å². The lowest BCUT2D eigenvalue weighted by molar-refractivity contribution is 0.516. The summed E-state index contributed by atoms with van der Waals surface area (Å²) in [6.45, 7) is 2.13. The van der Waals surface area contributed by atoms with Gasteiger partial charge in [-0.05, 0) is 36.1 Å². The van der Waals surface area contributed by atoms with Crippen molar-refractivity contribution in [3.05, 3.63) is 63.9 Å². The molecule has 0 saturated heterocycles. The van der Waals surface area contributed by atoms with Crippen LogP contribution in [0.15, 0.2) is 47.1 Å². The summed E-state index contributed by atoms with van der Waals surface area (Å²) in [5, 5.41) is 0. The molecular formula is C16H20BrN3. The molecule has 0 bridgehead atoms. The zero-order chi connectivity index (χ0) is 14.4. The van der Waals surface area contributed by atoms with Crippen molar-refractivity contribution in [1.29, 1.82) is 0 Å². The van der Waals surface area contributed by atoms with Gasteiger partial charge in [0, 0.05) is 28.8 Å². The molecule has 4 heteroatoms. The summed E-state index contributed by atoms with van der Waals surface area (Å²) in [7, 11) is 0. The molecule has 0 saturated carbocycles. The highest BCUT2D eigenvalue weighted by atomic mass is 79.9. The fourth-order valence-electron chi connectivity index (χ4n) is 2.16. The molecule has 3 N–H and O–H groups in total. The van der Waals surface area contributed by atoms with Crippen molar-refractivity contribution >= 4 is 15.9 Å². The predicted molar refractivity (Wildman–Crippen MR) is 86.3 cm³/mol. The van der Waals surface area contributed by atoms with Gasteiger partial charge in [0.05, 0.1) is 0 Å². The molecule has 0 aliphatic rings.